The second-order valence-electron chi connectivity index (χ2n) is 9.23. The first-order valence-corrected chi connectivity index (χ1v) is 9.16. The summed E-state index contributed by atoms with van der Waals surface area (Å²) in [6.45, 7) is 8.73. The molecule has 6 heteroatoms. The van der Waals surface area contributed by atoms with E-state index in [0.717, 1.165) is 25.7 Å². The molecule has 0 aromatic heterocycles. The van der Waals surface area contributed by atoms with Crippen molar-refractivity contribution in [2.45, 2.75) is 72.3 Å². The van der Waals surface area contributed by atoms with Crippen LogP contribution >= 0.6 is 0 Å². The highest BCUT2D eigenvalue weighted by molar-refractivity contribution is 5.79. The summed E-state index contributed by atoms with van der Waals surface area (Å²) in [7, 11) is 0. The molecule has 6 atom stereocenters. The molecule has 1 N–H and O–H groups in total. The molecule has 4 nitrogen and oxygen atoms in total. The highest BCUT2D eigenvalue weighted by Crippen LogP contribution is 2.51. The summed E-state index contributed by atoms with van der Waals surface area (Å²) in [6.07, 6.45) is 1.56. The van der Waals surface area contributed by atoms with Crippen molar-refractivity contribution < 1.29 is 28.2 Å². The fourth-order valence-corrected chi connectivity index (χ4v) is 4.81. The minimum Gasteiger partial charge on any atom is -0.477 e. The average molecular weight is 360 g/mol. The van der Waals surface area contributed by atoms with Crippen LogP contribution in [0.1, 0.15) is 60.3 Å². The molecule has 0 heterocycles. The summed E-state index contributed by atoms with van der Waals surface area (Å²) in [6, 6.07) is 0. The number of carbonyl (C=O) groups excluding carboxylic acids is 1. The largest absolute Gasteiger partial charge is 0.477 e. The lowest BCUT2D eigenvalue weighted by Gasteiger charge is -2.49. The molecule has 0 radical (unpaired) electrons. The number of carbonyl (C=O) groups is 2. The van der Waals surface area contributed by atoms with E-state index in [2.05, 4.69) is 6.92 Å². The van der Waals surface area contributed by atoms with Gasteiger partial charge in [0.15, 0.2) is 6.10 Å². The van der Waals surface area contributed by atoms with Gasteiger partial charge in [-0.1, -0.05) is 13.8 Å². The van der Waals surface area contributed by atoms with Crippen molar-refractivity contribution in [2.24, 2.45) is 35.0 Å². The van der Waals surface area contributed by atoms with Gasteiger partial charge in [-0.2, -0.15) is 8.78 Å². The quantitative estimate of drug-likeness (QED) is 0.756. The molecule has 0 aromatic carbocycles. The van der Waals surface area contributed by atoms with Crippen LogP contribution in [0.3, 0.4) is 0 Å². The average Bonchev–Trinajstić information content (AvgIpc) is 2.43. The molecule has 0 aromatic rings. The Morgan fingerprint density at radius 2 is 1.68 bits per heavy atom. The maximum absolute atomic E-state index is 14.6. The maximum atomic E-state index is 14.6. The van der Waals surface area contributed by atoms with Gasteiger partial charge < -0.3 is 9.84 Å². The van der Waals surface area contributed by atoms with Crippen molar-refractivity contribution in [1.82, 2.24) is 0 Å². The molecule has 0 spiro atoms. The van der Waals surface area contributed by atoms with Crippen molar-refractivity contribution in [3.05, 3.63) is 0 Å². The normalized spacial score (nSPS) is 34.3. The summed E-state index contributed by atoms with van der Waals surface area (Å²) in [4.78, 5) is 23.5. The fraction of sp³-hybridized carbons (Fsp3) is 0.895. The van der Waals surface area contributed by atoms with Crippen molar-refractivity contribution in [3.8, 4) is 0 Å². The number of hydrogen-bond donors (Lipinski definition) is 1. The number of fused-ring (bicyclic) bond motifs is 2. The molecule has 5 unspecified atom stereocenters. The lowest BCUT2D eigenvalue weighted by molar-refractivity contribution is -0.215. The Hall–Kier alpha value is -1.20. The van der Waals surface area contributed by atoms with Gasteiger partial charge >= 0.3 is 17.9 Å². The van der Waals surface area contributed by atoms with Crippen molar-refractivity contribution in [3.63, 3.8) is 0 Å². The smallest absolute Gasteiger partial charge is 0.378 e. The monoisotopic (exact) mass is 360 g/mol. The van der Waals surface area contributed by atoms with E-state index in [0.29, 0.717) is 11.8 Å². The SMILES string of the molecule is CC1CC2CC(C[C@@H](C)C2)C1C(OC(=O)C(C)(C)C)C(F)(F)C(=O)O. The molecule has 2 rings (SSSR count). The number of rotatable bonds is 4. The molecular weight excluding hydrogens is 330 g/mol. The molecular formula is C19H30F2O4. The van der Waals surface area contributed by atoms with Crippen LogP contribution in [0.5, 0.6) is 0 Å². The number of halogens is 2. The zero-order valence-electron chi connectivity index (χ0n) is 15.7. The topological polar surface area (TPSA) is 63.6 Å². The molecule has 25 heavy (non-hydrogen) atoms. The van der Waals surface area contributed by atoms with Crippen LogP contribution in [0.2, 0.25) is 0 Å². The van der Waals surface area contributed by atoms with Gasteiger partial charge in [0, 0.05) is 5.92 Å². The van der Waals surface area contributed by atoms with E-state index in [1.807, 2.05) is 6.92 Å². The van der Waals surface area contributed by atoms with Gasteiger partial charge in [-0.3, -0.25) is 4.79 Å². The summed E-state index contributed by atoms with van der Waals surface area (Å²) in [5, 5.41) is 9.08. The molecule has 0 aliphatic heterocycles. The van der Waals surface area contributed by atoms with Crippen LogP contribution in [0.25, 0.3) is 0 Å². The van der Waals surface area contributed by atoms with Crippen LogP contribution in [-0.2, 0) is 14.3 Å². The van der Waals surface area contributed by atoms with Gasteiger partial charge in [0.1, 0.15) is 0 Å². The van der Waals surface area contributed by atoms with Crippen molar-refractivity contribution in [1.29, 1.82) is 0 Å². The summed E-state index contributed by atoms with van der Waals surface area (Å²) in [5.41, 5.74) is -0.965. The zero-order valence-corrected chi connectivity index (χ0v) is 15.7. The maximum Gasteiger partial charge on any atom is 0.378 e. The Balaban J connectivity index is 2.36. The Morgan fingerprint density at radius 3 is 2.20 bits per heavy atom. The summed E-state index contributed by atoms with van der Waals surface area (Å²) < 4.78 is 34.3. The Bertz CT molecular complexity index is 522. The molecule has 144 valence electrons. The third kappa shape index (κ3) is 4.14. The number of aliphatic carboxylic acids is 1. The lowest BCUT2D eigenvalue weighted by Crippen LogP contribution is -2.55. The zero-order chi connectivity index (χ0) is 19.2. The van der Waals surface area contributed by atoms with E-state index in [4.69, 9.17) is 9.84 Å². The number of esters is 1. The third-order valence-electron chi connectivity index (χ3n) is 5.82. The minimum atomic E-state index is -4.09. The molecule has 0 amide bonds. The first kappa shape index (κ1) is 20.1. The molecule has 2 fully saturated rings. The predicted molar refractivity (Wildman–Crippen MR) is 89.2 cm³/mol. The molecule has 2 bridgehead atoms. The number of carboxylic acid groups (broad SMARTS) is 1. The fourth-order valence-electron chi connectivity index (χ4n) is 4.81. The van der Waals surface area contributed by atoms with Gasteiger partial charge in [0.05, 0.1) is 5.41 Å². The van der Waals surface area contributed by atoms with Crippen LogP contribution in [-0.4, -0.2) is 29.1 Å². The molecule has 0 saturated heterocycles. The summed E-state index contributed by atoms with van der Waals surface area (Å²) >= 11 is 0. The molecule has 2 saturated carbocycles. The Morgan fingerprint density at radius 1 is 1.08 bits per heavy atom. The van der Waals surface area contributed by atoms with Crippen LogP contribution in [0, 0.1) is 35.0 Å². The predicted octanol–water partition coefficient (Wildman–Crippen LogP) is 4.37. The van der Waals surface area contributed by atoms with E-state index < -0.39 is 35.3 Å². The van der Waals surface area contributed by atoms with E-state index in [-0.39, 0.29) is 11.8 Å². The standard InChI is InChI=1S/C19H30F2O4/c1-10-6-12-8-11(2)14(13(7-10)9-12)15(19(20,21)16(22)23)25-17(24)18(3,4)5/h10-15H,6-9H2,1-5H3,(H,22,23)/t10-,11?,12?,13?,14?,15?/m0/s1. The van der Waals surface area contributed by atoms with Gasteiger partial charge in [-0.25, -0.2) is 4.79 Å². The highest BCUT2D eigenvalue weighted by atomic mass is 19.3. The lowest BCUT2D eigenvalue weighted by atomic mass is 9.58. The third-order valence-corrected chi connectivity index (χ3v) is 5.82. The first-order chi connectivity index (χ1) is 11.3. The molecule has 2 aliphatic carbocycles. The van der Waals surface area contributed by atoms with E-state index >= 15 is 0 Å². The number of hydrogen-bond acceptors (Lipinski definition) is 3. The van der Waals surface area contributed by atoms with Crippen LogP contribution < -0.4 is 0 Å². The van der Waals surface area contributed by atoms with Crippen LogP contribution in [0.15, 0.2) is 0 Å². The number of carboxylic acids is 1. The van der Waals surface area contributed by atoms with Gasteiger partial charge in [0.25, 0.3) is 0 Å². The second kappa shape index (κ2) is 6.84. The van der Waals surface area contributed by atoms with Gasteiger partial charge in [0.2, 0.25) is 0 Å². The molecule has 2 aliphatic rings. The van der Waals surface area contributed by atoms with Gasteiger partial charge in [-0.05, 0) is 70.1 Å². The van der Waals surface area contributed by atoms with E-state index in [1.54, 1.807) is 20.8 Å². The minimum absolute atomic E-state index is 0.0273. The van der Waals surface area contributed by atoms with Crippen LogP contribution in [0.4, 0.5) is 8.78 Å². The highest BCUT2D eigenvalue weighted by Gasteiger charge is 2.58. The number of ether oxygens (including phenoxy) is 1. The van der Waals surface area contributed by atoms with E-state index in [9.17, 15) is 18.4 Å². The van der Waals surface area contributed by atoms with Crippen molar-refractivity contribution in [2.75, 3.05) is 0 Å². The Kier molecular flexibility index (Phi) is 5.50. The van der Waals surface area contributed by atoms with Crippen molar-refractivity contribution >= 4 is 11.9 Å². The van der Waals surface area contributed by atoms with Gasteiger partial charge in [-0.15, -0.1) is 0 Å². The first-order valence-electron chi connectivity index (χ1n) is 9.16. The number of alkyl halides is 2. The Labute approximate surface area is 148 Å². The summed E-state index contributed by atoms with van der Waals surface area (Å²) in [5.74, 6) is -6.92. The second-order valence-corrected chi connectivity index (χ2v) is 9.23. The van der Waals surface area contributed by atoms with E-state index in [1.165, 1.54) is 0 Å².